The lowest BCUT2D eigenvalue weighted by Crippen LogP contribution is -2.41. The van der Waals surface area contributed by atoms with Crippen LogP contribution in [0.15, 0.2) is 24.3 Å². The van der Waals surface area contributed by atoms with Crippen molar-refractivity contribution in [3.05, 3.63) is 29.8 Å². The average molecular weight is 396 g/mol. The van der Waals surface area contributed by atoms with E-state index >= 15 is 0 Å². The average Bonchev–Trinajstić information content (AvgIpc) is 2.69. The predicted octanol–water partition coefficient (Wildman–Crippen LogP) is 2.55. The second-order valence-corrected chi connectivity index (χ2v) is 7.29. The van der Waals surface area contributed by atoms with E-state index in [0.717, 1.165) is 13.1 Å². The number of anilines is 1. The van der Waals surface area contributed by atoms with Gasteiger partial charge >= 0.3 is 0 Å². The first-order chi connectivity index (χ1) is 12.6. The van der Waals surface area contributed by atoms with Crippen LogP contribution in [0.3, 0.4) is 0 Å². The predicted molar refractivity (Wildman–Crippen MR) is 108 cm³/mol. The molecule has 0 spiro atoms. The molecular weight excluding hydrogens is 366 g/mol. The molecule has 0 aromatic heterocycles. The summed E-state index contributed by atoms with van der Waals surface area (Å²) in [4.78, 5) is 27.1. The van der Waals surface area contributed by atoms with Crippen LogP contribution < -0.4 is 10.6 Å². The zero-order chi connectivity index (χ0) is 18.4. The highest BCUT2D eigenvalue weighted by Gasteiger charge is 2.24. The number of halogens is 1. The van der Waals surface area contributed by atoms with Crippen molar-refractivity contribution in [2.75, 3.05) is 44.7 Å². The quantitative estimate of drug-likeness (QED) is 0.803. The zero-order valence-corrected chi connectivity index (χ0v) is 16.7. The lowest BCUT2D eigenvalue weighted by molar-refractivity contribution is -0.117. The highest BCUT2D eigenvalue weighted by Crippen LogP contribution is 2.24. The summed E-state index contributed by atoms with van der Waals surface area (Å²) in [5.41, 5.74) is 1.15. The monoisotopic (exact) mass is 395 g/mol. The van der Waals surface area contributed by atoms with Gasteiger partial charge < -0.3 is 20.3 Å². The number of para-hydroxylation sites is 1. The maximum absolute atomic E-state index is 12.8. The third-order valence-corrected chi connectivity index (χ3v) is 5.38. The second-order valence-electron chi connectivity index (χ2n) is 7.29. The van der Waals surface area contributed by atoms with Crippen molar-refractivity contribution in [2.24, 2.45) is 11.8 Å². The Morgan fingerprint density at radius 3 is 2.74 bits per heavy atom. The Balaban J connectivity index is 0.00000261. The van der Waals surface area contributed by atoms with Gasteiger partial charge in [0.1, 0.15) is 0 Å². The molecule has 1 aromatic carbocycles. The molecule has 6 nitrogen and oxygen atoms in total. The molecule has 27 heavy (non-hydrogen) atoms. The Bertz CT molecular complexity index is 629. The van der Waals surface area contributed by atoms with Gasteiger partial charge in [0.25, 0.3) is 5.91 Å². The van der Waals surface area contributed by atoms with Crippen molar-refractivity contribution in [1.82, 2.24) is 10.2 Å². The smallest absolute Gasteiger partial charge is 0.256 e. The summed E-state index contributed by atoms with van der Waals surface area (Å²) >= 11 is 0. The Hall–Kier alpha value is -1.63. The fraction of sp³-hybridized carbons (Fsp3) is 0.600. The van der Waals surface area contributed by atoms with Gasteiger partial charge in [0.15, 0.2) is 0 Å². The lowest BCUT2D eigenvalue weighted by atomic mass is 9.85. The molecule has 2 saturated heterocycles. The number of hydrogen-bond donors (Lipinski definition) is 2. The van der Waals surface area contributed by atoms with E-state index in [2.05, 4.69) is 17.6 Å². The summed E-state index contributed by atoms with van der Waals surface area (Å²) in [5, 5.41) is 6.37. The second kappa shape index (κ2) is 10.6. The minimum absolute atomic E-state index is 0. The van der Waals surface area contributed by atoms with Crippen LogP contribution in [0.1, 0.15) is 36.5 Å². The molecule has 2 atom stereocenters. The molecule has 7 heteroatoms. The van der Waals surface area contributed by atoms with Gasteiger partial charge in [-0.25, -0.2) is 0 Å². The standard InChI is InChI=1S/C20H29N3O3.ClH/c1-15(16-5-4-8-21-14-16)13-19(24)22-18-7-3-2-6-17(18)20(25)23-9-11-26-12-10-23;/h2-3,6-7,15-16,21H,4-5,8-14H2,1H3,(H,22,24);1H. The van der Waals surface area contributed by atoms with Crippen LogP contribution in [0.25, 0.3) is 0 Å². The lowest BCUT2D eigenvalue weighted by Gasteiger charge is -2.28. The molecule has 2 amide bonds. The number of carbonyl (C=O) groups excluding carboxylic acids is 2. The van der Waals surface area contributed by atoms with Crippen molar-refractivity contribution >= 4 is 29.9 Å². The van der Waals surface area contributed by atoms with Crippen LogP contribution in [-0.4, -0.2) is 56.1 Å². The molecule has 2 aliphatic heterocycles. The van der Waals surface area contributed by atoms with E-state index in [9.17, 15) is 9.59 Å². The van der Waals surface area contributed by atoms with Crippen LogP contribution in [-0.2, 0) is 9.53 Å². The number of benzene rings is 1. The van der Waals surface area contributed by atoms with Gasteiger partial charge in [-0.1, -0.05) is 19.1 Å². The fourth-order valence-corrected chi connectivity index (χ4v) is 3.74. The number of rotatable bonds is 5. The maximum Gasteiger partial charge on any atom is 0.256 e. The zero-order valence-electron chi connectivity index (χ0n) is 15.9. The number of nitrogens with zero attached hydrogens (tertiary/aromatic N) is 1. The van der Waals surface area contributed by atoms with E-state index in [1.54, 1.807) is 17.0 Å². The SMILES string of the molecule is CC(CC(=O)Nc1ccccc1C(=O)N1CCOCC1)C1CCCNC1.Cl. The molecule has 2 N–H and O–H groups in total. The minimum Gasteiger partial charge on any atom is -0.378 e. The van der Waals surface area contributed by atoms with Gasteiger partial charge in [-0.3, -0.25) is 9.59 Å². The van der Waals surface area contributed by atoms with Crippen molar-refractivity contribution in [2.45, 2.75) is 26.2 Å². The molecular formula is C20H30ClN3O3. The molecule has 0 bridgehead atoms. The molecule has 2 heterocycles. The van der Waals surface area contributed by atoms with Crippen molar-refractivity contribution in [3.8, 4) is 0 Å². The van der Waals surface area contributed by atoms with E-state index in [1.807, 2.05) is 12.1 Å². The molecule has 2 fully saturated rings. The summed E-state index contributed by atoms with van der Waals surface area (Å²) < 4.78 is 5.31. The first kappa shape index (κ1) is 21.7. The third kappa shape index (κ3) is 5.92. The van der Waals surface area contributed by atoms with E-state index in [-0.39, 0.29) is 24.2 Å². The minimum atomic E-state index is -0.0475. The van der Waals surface area contributed by atoms with Gasteiger partial charge in [-0.2, -0.15) is 0 Å². The van der Waals surface area contributed by atoms with Gasteiger partial charge in [0, 0.05) is 19.5 Å². The molecule has 0 radical (unpaired) electrons. The van der Waals surface area contributed by atoms with Crippen LogP contribution in [0.4, 0.5) is 5.69 Å². The topological polar surface area (TPSA) is 70.7 Å². The fourth-order valence-electron chi connectivity index (χ4n) is 3.74. The first-order valence-corrected chi connectivity index (χ1v) is 9.62. The summed E-state index contributed by atoms with van der Waals surface area (Å²) in [5.74, 6) is 0.795. The molecule has 1 aromatic rings. The number of carbonyl (C=O) groups is 2. The van der Waals surface area contributed by atoms with E-state index < -0.39 is 0 Å². The molecule has 150 valence electrons. The Morgan fingerprint density at radius 1 is 1.30 bits per heavy atom. The number of piperidine rings is 1. The highest BCUT2D eigenvalue weighted by atomic mass is 35.5. The van der Waals surface area contributed by atoms with Gasteiger partial charge in [0.2, 0.25) is 5.91 Å². The van der Waals surface area contributed by atoms with Crippen molar-refractivity contribution < 1.29 is 14.3 Å². The Labute approximate surface area is 167 Å². The molecule has 2 unspecified atom stereocenters. The number of hydrogen-bond acceptors (Lipinski definition) is 4. The number of amides is 2. The van der Waals surface area contributed by atoms with Gasteiger partial charge in [0.05, 0.1) is 24.5 Å². The summed E-state index contributed by atoms with van der Waals surface area (Å²) in [6.07, 6.45) is 2.83. The largest absolute Gasteiger partial charge is 0.378 e. The van der Waals surface area contributed by atoms with Gasteiger partial charge in [-0.05, 0) is 49.9 Å². The van der Waals surface area contributed by atoms with E-state index in [0.29, 0.717) is 55.8 Å². The Morgan fingerprint density at radius 2 is 2.04 bits per heavy atom. The normalized spacial score (nSPS) is 21.1. The number of nitrogens with one attached hydrogen (secondary N) is 2. The van der Waals surface area contributed by atoms with E-state index in [4.69, 9.17) is 4.74 Å². The highest BCUT2D eigenvalue weighted by molar-refractivity contribution is 6.03. The van der Waals surface area contributed by atoms with Crippen LogP contribution in [0, 0.1) is 11.8 Å². The first-order valence-electron chi connectivity index (χ1n) is 9.62. The third-order valence-electron chi connectivity index (χ3n) is 5.38. The van der Waals surface area contributed by atoms with Crippen molar-refractivity contribution in [3.63, 3.8) is 0 Å². The van der Waals surface area contributed by atoms with E-state index in [1.165, 1.54) is 12.8 Å². The molecule has 0 aliphatic carbocycles. The van der Waals surface area contributed by atoms with Crippen LogP contribution in [0.2, 0.25) is 0 Å². The van der Waals surface area contributed by atoms with Crippen molar-refractivity contribution in [1.29, 1.82) is 0 Å². The number of ether oxygens (including phenoxy) is 1. The van der Waals surface area contributed by atoms with Gasteiger partial charge in [-0.15, -0.1) is 12.4 Å². The number of morpholine rings is 1. The van der Waals surface area contributed by atoms with Crippen LogP contribution in [0.5, 0.6) is 0 Å². The summed E-state index contributed by atoms with van der Waals surface area (Å²) in [7, 11) is 0. The summed E-state index contributed by atoms with van der Waals surface area (Å²) in [6.45, 7) is 6.51. The molecule has 2 aliphatic rings. The summed E-state index contributed by atoms with van der Waals surface area (Å²) in [6, 6.07) is 7.26. The van der Waals surface area contributed by atoms with Crippen LogP contribution >= 0.6 is 12.4 Å². The molecule has 0 saturated carbocycles. The Kier molecular flexibility index (Phi) is 8.54. The maximum atomic E-state index is 12.8. The molecule has 3 rings (SSSR count).